The van der Waals surface area contributed by atoms with Crippen molar-refractivity contribution in [2.24, 2.45) is 5.10 Å². The van der Waals surface area contributed by atoms with Gasteiger partial charge in [0.05, 0.1) is 23.6 Å². The van der Waals surface area contributed by atoms with Crippen LogP contribution in [0.4, 0.5) is 18.0 Å². The molecule has 0 aliphatic heterocycles. The van der Waals surface area contributed by atoms with Gasteiger partial charge in [-0.3, -0.25) is 4.79 Å². The highest BCUT2D eigenvalue weighted by molar-refractivity contribution is 14.1. The summed E-state index contributed by atoms with van der Waals surface area (Å²) < 4.78 is 41.8. The van der Waals surface area contributed by atoms with Gasteiger partial charge in [0.25, 0.3) is 0 Å². The summed E-state index contributed by atoms with van der Waals surface area (Å²) in [4.78, 5) is 10.8. The van der Waals surface area contributed by atoms with Crippen molar-refractivity contribution in [2.45, 2.75) is 6.36 Å². The molecule has 0 aliphatic carbocycles. The number of nitrogens with zero attached hydrogens (tertiary/aromatic N) is 3. The van der Waals surface area contributed by atoms with E-state index in [0.29, 0.717) is 5.69 Å². The molecule has 6 nitrogen and oxygen atoms in total. The highest BCUT2D eigenvalue weighted by Gasteiger charge is 2.30. The summed E-state index contributed by atoms with van der Waals surface area (Å²) in [6, 6.07) is 10.8. The van der Waals surface area contributed by atoms with E-state index in [-0.39, 0.29) is 9.66 Å². The molecule has 0 spiro atoms. The lowest BCUT2D eigenvalue weighted by molar-refractivity contribution is -0.274. The lowest BCUT2D eigenvalue weighted by Gasteiger charge is -2.09. The topological polar surface area (TPSA) is 68.5 Å². The maximum Gasteiger partial charge on any atom is 0.573 e. The number of ether oxygens (including phenoxy) is 1. The van der Waals surface area contributed by atoms with E-state index >= 15 is 0 Å². The van der Waals surface area contributed by atoms with E-state index in [2.05, 4.69) is 20.4 Å². The van der Waals surface area contributed by atoms with Crippen molar-refractivity contribution < 1.29 is 22.7 Å². The molecule has 0 saturated carbocycles. The van der Waals surface area contributed by atoms with Gasteiger partial charge in [-0.05, 0) is 42.0 Å². The quantitative estimate of drug-likeness (QED) is 0.201. The Morgan fingerprint density at radius 1 is 1.23 bits per heavy atom. The van der Waals surface area contributed by atoms with Crippen molar-refractivity contribution in [1.29, 1.82) is 0 Å². The number of aromatic nitrogens is 2. The minimum absolute atomic E-state index is 0.298. The first-order valence-electron chi connectivity index (χ1n) is 7.14. The summed E-state index contributed by atoms with van der Waals surface area (Å²) in [6.45, 7) is 0. The lowest BCUT2D eigenvalue weighted by atomic mass is 10.2. The molecule has 1 N–H and O–H groups in total. The lowest BCUT2D eigenvalue weighted by Crippen LogP contribution is -2.17. The Hall–Kier alpha value is -2.63. The van der Waals surface area contributed by atoms with E-state index < -0.39 is 6.36 Å². The van der Waals surface area contributed by atoms with Gasteiger partial charge in [0.1, 0.15) is 5.75 Å². The van der Waals surface area contributed by atoms with E-state index in [9.17, 15) is 18.0 Å². The van der Waals surface area contributed by atoms with Crippen LogP contribution in [0.15, 0.2) is 53.8 Å². The summed E-state index contributed by atoms with van der Waals surface area (Å²) in [5.41, 5.74) is 4.42. The fraction of sp³-hybridized carbons (Fsp3) is 0.0625. The molecule has 0 atom stereocenters. The van der Waals surface area contributed by atoms with Gasteiger partial charge in [-0.2, -0.15) is 10.2 Å². The first kappa shape index (κ1) is 18.2. The zero-order chi connectivity index (χ0) is 18.7. The molecule has 0 aliphatic rings. The van der Waals surface area contributed by atoms with Crippen molar-refractivity contribution in [1.82, 2.24) is 15.2 Å². The molecular weight excluding hydrogens is 464 g/mol. The minimum atomic E-state index is -4.73. The maximum absolute atomic E-state index is 12.2. The number of carbonyl (C=O) groups is 1. The number of amides is 1. The first-order valence-corrected chi connectivity index (χ1v) is 8.22. The van der Waals surface area contributed by atoms with Crippen LogP contribution in [0.5, 0.6) is 5.75 Å². The third kappa shape index (κ3) is 4.50. The van der Waals surface area contributed by atoms with Crippen LogP contribution in [-0.2, 0) is 0 Å². The van der Waals surface area contributed by atoms with Crippen LogP contribution in [0.3, 0.4) is 0 Å². The molecule has 0 bridgehead atoms. The Bertz CT molecular complexity index is 968. The molecule has 3 rings (SSSR count). The second-order valence-electron chi connectivity index (χ2n) is 5.06. The van der Waals surface area contributed by atoms with Gasteiger partial charge < -0.3 is 4.74 Å². The molecule has 134 valence electrons. The fourth-order valence-electron chi connectivity index (χ4n) is 2.28. The second kappa shape index (κ2) is 7.32. The smallest absolute Gasteiger partial charge is 0.406 e. The summed E-state index contributed by atoms with van der Waals surface area (Å²) in [5.74, 6) is -0.298. The number of halogens is 4. The molecule has 0 unspecified atom stereocenters. The third-order valence-corrected chi connectivity index (χ3v) is 3.51. The molecule has 10 heteroatoms. The zero-order valence-electron chi connectivity index (χ0n) is 12.9. The summed E-state index contributed by atoms with van der Waals surface area (Å²) in [5, 5.41) is 8.85. The number of hydrogen-bond acceptors (Lipinski definition) is 4. The monoisotopic (exact) mass is 474 g/mol. The Morgan fingerprint density at radius 3 is 2.62 bits per heavy atom. The molecule has 2 aromatic carbocycles. The Kier molecular flexibility index (Phi) is 5.11. The van der Waals surface area contributed by atoms with Crippen LogP contribution < -0.4 is 10.2 Å². The van der Waals surface area contributed by atoms with E-state index in [0.717, 1.165) is 16.5 Å². The summed E-state index contributed by atoms with van der Waals surface area (Å²) >= 11 is 1.57. The van der Waals surface area contributed by atoms with Gasteiger partial charge in [-0.1, -0.05) is 6.07 Å². The number of benzene rings is 2. The van der Waals surface area contributed by atoms with Gasteiger partial charge in [-0.15, -0.1) is 13.2 Å². The SMILES string of the molecule is O=C(I)N/N=C/c1ccc2c(cnn2-c2ccc(OC(F)(F)F)cc2)c1. The largest absolute Gasteiger partial charge is 0.573 e. The van der Waals surface area contributed by atoms with Crippen molar-refractivity contribution in [3.05, 3.63) is 54.2 Å². The molecule has 1 aromatic heterocycles. The average Bonchev–Trinajstić information content (AvgIpc) is 2.97. The summed E-state index contributed by atoms with van der Waals surface area (Å²) in [7, 11) is 0. The zero-order valence-corrected chi connectivity index (χ0v) is 15.0. The molecule has 3 aromatic rings. The third-order valence-electron chi connectivity index (χ3n) is 3.27. The normalized spacial score (nSPS) is 11.8. The molecule has 0 saturated heterocycles. The second-order valence-corrected chi connectivity index (χ2v) is 6.04. The van der Waals surface area contributed by atoms with Crippen molar-refractivity contribution >= 4 is 43.6 Å². The molecule has 1 heterocycles. The van der Waals surface area contributed by atoms with Crippen LogP contribution in [-0.4, -0.2) is 26.3 Å². The van der Waals surface area contributed by atoms with Crippen LogP contribution in [0.2, 0.25) is 0 Å². The maximum atomic E-state index is 12.2. The van der Waals surface area contributed by atoms with Crippen molar-refractivity contribution in [3.63, 3.8) is 0 Å². The number of fused-ring (bicyclic) bond motifs is 1. The number of hydrazone groups is 1. The summed E-state index contributed by atoms with van der Waals surface area (Å²) in [6.07, 6.45) is -1.60. The molecular formula is C16H10F3IN4O2. The fourth-order valence-corrected chi connectivity index (χ4v) is 2.42. The van der Waals surface area contributed by atoms with Gasteiger partial charge in [0, 0.05) is 28.0 Å². The van der Waals surface area contributed by atoms with Crippen LogP contribution in [0.1, 0.15) is 5.56 Å². The van der Waals surface area contributed by atoms with Crippen LogP contribution >= 0.6 is 22.6 Å². The standard InChI is InChI=1S/C16H10F3IN4O2/c17-16(18,19)26-13-4-2-12(3-5-13)24-14-6-1-10(7-11(14)9-22-24)8-21-23-15(20)25/h1-9H,(H,23,25)/b21-8+. The van der Waals surface area contributed by atoms with Crippen LogP contribution in [0.25, 0.3) is 16.6 Å². The van der Waals surface area contributed by atoms with E-state index in [1.54, 1.807) is 45.6 Å². The number of alkyl halides is 3. The van der Waals surface area contributed by atoms with Gasteiger partial charge in [-0.25, -0.2) is 10.1 Å². The highest BCUT2D eigenvalue weighted by Crippen LogP contribution is 2.25. The van der Waals surface area contributed by atoms with Gasteiger partial charge in [0.15, 0.2) is 0 Å². The molecule has 26 heavy (non-hydrogen) atoms. The number of hydrogen-bond donors (Lipinski definition) is 1. The highest BCUT2D eigenvalue weighted by atomic mass is 127. The number of rotatable bonds is 4. The van der Waals surface area contributed by atoms with E-state index in [1.165, 1.54) is 30.5 Å². The minimum Gasteiger partial charge on any atom is -0.406 e. The van der Waals surface area contributed by atoms with Crippen molar-refractivity contribution in [3.8, 4) is 11.4 Å². The Labute approximate surface area is 158 Å². The van der Waals surface area contributed by atoms with Gasteiger partial charge >= 0.3 is 10.3 Å². The average molecular weight is 474 g/mol. The van der Waals surface area contributed by atoms with E-state index in [4.69, 9.17) is 0 Å². The number of nitrogens with one attached hydrogen (secondary N) is 1. The first-order chi connectivity index (χ1) is 12.3. The Morgan fingerprint density at radius 2 is 1.96 bits per heavy atom. The molecule has 1 amide bonds. The predicted octanol–water partition coefficient (Wildman–Crippen LogP) is 4.40. The van der Waals surface area contributed by atoms with Crippen molar-refractivity contribution in [2.75, 3.05) is 0 Å². The predicted molar refractivity (Wildman–Crippen MR) is 97.9 cm³/mol. The van der Waals surface area contributed by atoms with Gasteiger partial charge in [0.2, 0.25) is 0 Å². The Balaban J connectivity index is 1.85. The molecule has 0 fully saturated rings. The van der Waals surface area contributed by atoms with Crippen LogP contribution in [0, 0.1) is 0 Å². The molecule has 0 radical (unpaired) electrons. The van der Waals surface area contributed by atoms with E-state index in [1.807, 2.05) is 6.07 Å². The number of carbonyl (C=O) groups excluding carboxylic acids is 1.